The third kappa shape index (κ3) is 4.29. The van der Waals surface area contributed by atoms with E-state index < -0.39 is 5.97 Å². The molecule has 1 aromatic heterocycles. The fourth-order valence-corrected chi connectivity index (χ4v) is 1.76. The van der Waals surface area contributed by atoms with Crippen LogP contribution in [0.15, 0.2) is 42.6 Å². The highest BCUT2D eigenvalue weighted by Gasteiger charge is 2.07. The van der Waals surface area contributed by atoms with Crippen molar-refractivity contribution in [2.75, 3.05) is 13.7 Å². The molecule has 0 unspecified atom stereocenters. The van der Waals surface area contributed by atoms with Crippen LogP contribution in [0.2, 0.25) is 0 Å². The Morgan fingerprint density at radius 1 is 1.24 bits per heavy atom. The molecule has 0 N–H and O–H groups in total. The predicted molar refractivity (Wildman–Crippen MR) is 77.4 cm³/mol. The number of nitrogens with zero attached hydrogens (tertiary/aromatic N) is 1. The smallest absolute Gasteiger partial charge is 0.339 e. The van der Waals surface area contributed by atoms with Crippen LogP contribution >= 0.6 is 0 Å². The van der Waals surface area contributed by atoms with Crippen LogP contribution in [-0.4, -0.2) is 24.7 Å². The second-order valence-electron chi connectivity index (χ2n) is 4.29. The Balaban J connectivity index is 2.06. The fourth-order valence-electron chi connectivity index (χ4n) is 1.76. The summed E-state index contributed by atoms with van der Waals surface area (Å²) in [5, 5.41) is 0. The van der Waals surface area contributed by atoms with E-state index in [1.807, 2.05) is 24.3 Å². The van der Waals surface area contributed by atoms with Crippen molar-refractivity contribution >= 4 is 5.97 Å². The lowest BCUT2D eigenvalue weighted by molar-refractivity contribution is 0.0526. The van der Waals surface area contributed by atoms with Crippen LogP contribution in [0.25, 0.3) is 0 Å². The minimum absolute atomic E-state index is 0.337. The number of carbonyl (C=O) groups is 1. The molecule has 0 spiro atoms. The molecule has 0 bridgehead atoms. The van der Waals surface area contributed by atoms with Gasteiger partial charge in [0.25, 0.3) is 0 Å². The Morgan fingerprint density at radius 3 is 2.76 bits per heavy atom. The van der Waals surface area contributed by atoms with Crippen molar-refractivity contribution in [3.05, 3.63) is 53.7 Å². The van der Waals surface area contributed by atoms with Crippen LogP contribution in [0.3, 0.4) is 0 Å². The highest BCUT2D eigenvalue weighted by atomic mass is 16.5. The largest absolute Gasteiger partial charge is 0.462 e. The molecule has 0 fully saturated rings. The molecule has 0 radical (unpaired) electrons. The first kappa shape index (κ1) is 15.0. The van der Waals surface area contributed by atoms with Crippen molar-refractivity contribution in [1.29, 1.82) is 0 Å². The molecule has 110 valence electrons. The first-order chi connectivity index (χ1) is 10.2. The van der Waals surface area contributed by atoms with E-state index in [1.54, 1.807) is 26.2 Å². The summed E-state index contributed by atoms with van der Waals surface area (Å²) in [6.45, 7) is 2.62. The molecule has 0 aliphatic carbocycles. The topological polar surface area (TPSA) is 57.7 Å². The molecule has 0 amide bonds. The van der Waals surface area contributed by atoms with E-state index in [1.165, 1.54) is 6.20 Å². The minimum Gasteiger partial charge on any atom is -0.462 e. The first-order valence-corrected chi connectivity index (χ1v) is 6.62. The fraction of sp³-hybridized carbons (Fsp3) is 0.250. The molecule has 2 aromatic rings. The van der Waals surface area contributed by atoms with Crippen molar-refractivity contribution < 1.29 is 19.0 Å². The molecule has 1 aromatic carbocycles. The SMILES string of the molecule is CCOC(=O)c1ccc(Oc2cccc(COC)c2)nc1. The quantitative estimate of drug-likeness (QED) is 0.764. The van der Waals surface area contributed by atoms with Crippen molar-refractivity contribution in [1.82, 2.24) is 4.98 Å². The van der Waals surface area contributed by atoms with Crippen LogP contribution in [-0.2, 0) is 16.1 Å². The summed E-state index contributed by atoms with van der Waals surface area (Å²) in [4.78, 5) is 15.6. The summed E-state index contributed by atoms with van der Waals surface area (Å²) in [5.41, 5.74) is 1.41. The zero-order chi connectivity index (χ0) is 15.1. The molecule has 1 heterocycles. The van der Waals surface area contributed by atoms with Crippen molar-refractivity contribution in [2.24, 2.45) is 0 Å². The summed E-state index contributed by atoms with van der Waals surface area (Å²) in [5.74, 6) is 0.692. The van der Waals surface area contributed by atoms with E-state index in [0.717, 1.165) is 5.56 Å². The van der Waals surface area contributed by atoms with E-state index in [2.05, 4.69) is 4.98 Å². The van der Waals surface area contributed by atoms with Crippen molar-refractivity contribution in [3.63, 3.8) is 0 Å². The lowest BCUT2D eigenvalue weighted by atomic mass is 10.2. The van der Waals surface area contributed by atoms with Gasteiger partial charge in [-0.1, -0.05) is 12.1 Å². The molecule has 0 saturated heterocycles. The lowest BCUT2D eigenvalue weighted by Gasteiger charge is -2.07. The van der Waals surface area contributed by atoms with E-state index >= 15 is 0 Å². The Morgan fingerprint density at radius 2 is 2.10 bits per heavy atom. The van der Waals surface area contributed by atoms with E-state index in [4.69, 9.17) is 14.2 Å². The molecule has 21 heavy (non-hydrogen) atoms. The normalized spacial score (nSPS) is 10.2. The third-order valence-electron chi connectivity index (χ3n) is 2.68. The third-order valence-corrected chi connectivity index (χ3v) is 2.68. The molecule has 0 saturated carbocycles. The van der Waals surface area contributed by atoms with Crippen LogP contribution < -0.4 is 4.74 Å². The predicted octanol–water partition coefficient (Wildman–Crippen LogP) is 3.20. The minimum atomic E-state index is -0.390. The number of pyridine rings is 1. The van der Waals surface area contributed by atoms with Crippen molar-refractivity contribution in [3.8, 4) is 11.6 Å². The molecule has 0 atom stereocenters. The number of benzene rings is 1. The van der Waals surface area contributed by atoms with Gasteiger partial charge >= 0.3 is 5.97 Å². The van der Waals surface area contributed by atoms with Gasteiger partial charge < -0.3 is 14.2 Å². The average Bonchev–Trinajstić information content (AvgIpc) is 2.49. The number of ether oxygens (including phenoxy) is 3. The van der Waals surface area contributed by atoms with Gasteiger partial charge in [0.1, 0.15) is 5.75 Å². The Bertz CT molecular complexity index is 595. The maximum atomic E-state index is 11.5. The molecule has 0 aliphatic heterocycles. The van der Waals surface area contributed by atoms with E-state index in [9.17, 15) is 4.79 Å². The van der Waals surface area contributed by atoms with Gasteiger partial charge in [0.15, 0.2) is 0 Å². The Labute approximate surface area is 123 Å². The average molecular weight is 287 g/mol. The summed E-state index contributed by atoms with van der Waals surface area (Å²) in [6, 6.07) is 10.8. The van der Waals surface area contributed by atoms with Gasteiger partial charge in [0, 0.05) is 19.4 Å². The van der Waals surface area contributed by atoms with Gasteiger partial charge in [-0.05, 0) is 30.7 Å². The summed E-state index contributed by atoms with van der Waals surface area (Å²) in [6.07, 6.45) is 1.44. The molecule has 5 nitrogen and oxygen atoms in total. The summed E-state index contributed by atoms with van der Waals surface area (Å²) in [7, 11) is 1.64. The number of esters is 1. The van der Waals surface area contributed by atoms with E-state index in [-0.39, 0.29) is 0 Å². The highest BCUT2D eigenvalue weighted by Crippen LogP contribution is 2.21. The van der Waals surface area contributed by atoms with E-state index in [0.29, 0.717) is 30.4 Å². The van der Waals surface area contributed by atoms with Crippen molar-refractivity contribution in [2.45, 2.75) is 13.5 Å². The Kier molecular flexibility index (Phi) is 5.29. The Hall–Kier alpha value is -2.40. The number of methoxy groups -OCH3 is 1. The lowest BCUT2D eigenvalue weighted by Crippen LogP contribution is -2.04. The summed E-state index contributed by atoms with van der Waals surface area (Å²) >= 11 is 0. The van der Waals surface area contributed by atoms with Gasteiger partial charge in [-0.3, -0.25) is 0 Å². The number of hydrogen-bond donors (Lipinski definition) is 0. The first-order valence-electron chi connectivity index (χ1n) is 6.62. The number of carbonyl (C=O) groups excluding carboxylic acids is 1. The standard InChI is InChI=1S/C16H17NO4/c1-3-20-16(18)13-7-8-15(17-10-13)21-14-6-4-5-12(9-14)11-19-2/h4-10H,3,11H2,1-2H3. The molecule has 5 heteroatoms. The molecular formula is C16H17NO4. The zero-order valence-electron chi connectivity index (χ0n) is 12.0. The maximum absolute atomic E-state index is 11.5. The van der Waals surface area contributed by atoms with Crippen LogP contribution in [0.5, 0.6) is 11.6 Å². The second-order valence-corrected chi connectivity index (χ2v) is 4.29. The van der Waals surface area contributed by atoms with Crippen LogP contribution in [0.4, 0.5) is 0 Å². The molecule has 0 aliphatic rings. The van der Waals surface area contributed by atoms with Gasteiger partial charge in [-0.25, -0.2) is 9.78 Å². The monoisotopic (exact) mass is 287 g/mol. The van der Waals surface area contributed by atoms with Gasteiger partial charge in [0.2, 0.25) is 5.88 Å². The summed E-state index contributed by atoms with van der Waals surface area (Å²) < 4.78 is 15.6. The van der Waals surface area contributed by atoms with Gasteiger partial charge in [-0.15, -0.1) is 0 Å². The second kappa shape index (κ2) is 7.40. The van der Waals surface area contributed by atoms with Crippen LogP contribution in [0, 0.1) is 0 Å². The number of aromatic nitrogens is 1. The highest BCUT2D eigenvalue weighted by molar-refractivity contribution is 5.89. The molecule has 2 rings (SSSR count). The number of rotatable bonds is 6. The zero-order valence-corrected chi connectivity index (χ0v) is 12.0. The number of hydrogen-bond acceptors (Lipinski definition) is 5. The maximum Gasteiger partial charge on any atom is 0.339 e. The van der Waals surface area contributed by atoms with Gasteiger partial charge in [-0.2, -0.15) is 0 Å². The molecular weight excluding hydrogens is 270 g/mol. The van der Waals surface area contributed by atoms with Gasteiger partial charge in [0.05, 0.1) is 18.8 Å². The van der Waals surface area contributed by atoms with Crippen LogP contribution in [0.1, 0.15) is 22.8 Å².